The van der Waals surface area contributed by atoms with Gasteiger partial charge in [-0.15, -0.1) is 0 Å². The van der Waals surface area contributed by atoms with Crippen LogP contribution in [-0.4, -0.2) is 59.1 Å². The van der Waals surface area contributed by atoms with E-state index in [2.05, 4.69) is 41.0 Å². The SMILES string of the molecule is CC(O)CN1CCN(C(=O)C2CC23CCc2ccccc23)C(C)C1. The van der Waals surface area contributed by atoms with E-state index in [-0.39, 0.29) is 23.5 Å². The first kappa shape index (κ1) is 16.1. The number of piperazine rings is 1. The van der Waals surface area contributed by atoms with E-state index < -0.39 is 0 Å². The Morgan fingerprint density at radius 1 is 1.38 bits per heavy atom. The minimum absolute atomic E-state index is 0.143. The van der Waals surface area contributed by atoms with E-state index in [4.69, 9.17) is 0 Å². The van der Waals surface area contributed by atoms with Gasteiger partial charge in [-0.3, -0.25) is 9.69 Å². The fraction of sp³-hybridized carbons (Fsp3) is 0.650. The number of carbonyl (C=O) groups excluding carboxylic acids is 1. The fourth-order valence-electron chi connectivity index (χ4n) is 5.02. The number of benzene rings is 1. The molecule has 0 radical (unpaired) electrons. The van der Waals surface area contributed by atoms with Crippen LogP contribution in [0.15, 0.2) is 24.3 Å². The van der Waals surface area contributed by atoms with Crippen LogP contribution in [0.25, 0.3) is 0 Å². The van der Waals surface area contributed by atoms with Gasteiger partial charge in [-0.2, -0.15) is 0 Å². The van der Waals surface area contributed by atoms with Gasteiger partial charge in [0.1, 0.15) is 0 Å². The van der Waals surface area contributed by atoms with Crippen molar-refractivity contribution in [3.63, 3.8) is 0 Å². The summed E-state index contributed by atoms with van der Waals surface area (Å²) in [7, 11) is 0. The van der Waals surface area contributed by atoms with E-state index in [1.165, 1.54) is 11.1 Å². The molecule has 1 saturated heterocycles. The summed E-state index contributed by atoms with van der Waals surface area (Å²) in [5, 5.41) is 9.57. The molecule has 4 heteroatoms. The molecular weight excluding hydrogens is 300 g/mol. The fourth-order valence-corrected chi connectivity index (χ4v) is 5.02. The normalized spacial score (nSPS) is 33.5. The summed E-state index contributed by atoms with van der Waals surface area (Å²) in [5.41, 5.74) is 3.02. The van der Waals surface area contributed by atoms with Gasteiger partial charge in [0.05, 0.1) is 6.10 Å². The summed E-state index contributed by atoms with van der Waals surface area (Å²) in [5.74, 6) is 0.544. The predicted molar refractivity (Wildman–Crippen MR) is 93.8 cm³/mol. The largest absolute Gasteiger partial charge is 0.392 e. The molecule has 1 aromatic rings. The van der Waals surface area contributed by atoms with Crippen LogP contribution in [0.4, 0.5) is 0 Å². The maximum atomic E-state index is 13.1. The molecule has 24 heavy (non-hydrogen) atoms. The molecule has 1 aliphatic heterocycles. The quantitative estimate of drug-likeness (QED) is 0.920. The third-order valence-corrected chi connectivity index (χ3v) is 6.28. The van der Waals surface area contributed by atoms with Crippen LogP contribution in [0.3, 0.4) is 0 Å². The molecule has 1 spiro atoms. The van der Waals surface area contributed by atoms with Crippen molar-refractivity contribution in [1.82, 2.24) is 9.80 Å². The van der Waals surface area contributed by atoms with Crippen molar-refractivity contribution in [3.05, 3.63) is 35.4 Å². The number of amides is 1. The molecule has 1 amide bonds. The molecule has 1 N–H and O–H groups in total. The third-order valence-electron chi connectivity index (χ3n) is 6.28. The Labute approximate surface area is 144 Å². The highest BCUT2D eigenvalue weighted by Crippen LogP contribution is 2.62. The van der Waals surface area contributed by atoms with Crippen LogP contribution in [0.2, 0.25) is 0 Å². The van der Waals surface area contributed by atoms with Crippen molar-refractivity contribution in [2.75, 3.05) is 26.2 Å². The first-order valence-corrected chi connectivity index (χ1v) is 9.30. The van der Waals surface area contributed by atoms with Gasteiger partial charge in [0, 0.05) is 43.6 Å². The van der Waals surface area contributed by atoms with Gasteiger partial charge in [-0.1, -0.05) is 24.3 Å². The summed E-state index contributed by atoms with van der Waals surface area (Å²) < 4.78 is 0. The van der Waals surface area contributed by atoms with Gasteiger partial charge < -0.3 is 10.0 Å². The summed E-state index contributed by atoms with van der Waals surface area (Å²) in [6, 6.07) is 8.92. The molecule has 0 bridgehead atoms. The lowest BCUT2D eigenvalue weighted by molar-refractivity contribution is -0.137. The minimum atomic E-state index is -0.304. The van der Waals surface area contributed by atoms with Crippen molar-refractivity contribution in [2.45, 2.75) is 50.7 Å². The molecule has 1 saturated carbocycles. The first-order valence-electron chi connectivity index (χ1n) is 9.30. The van der Waals surface area contributed by atoms with Gasteiger partial charge >= 0.3 is 0 Å². The lowest BCUT2D eigenvalue weighted by atomic mass is 9.94. The molecule has 2 fully saturated rings. The Kier molecular flexibility index (Phi) is 3.92. The molecular formula is C20H28N2O2. The minimum Gasteiger partial charge on any atom is -0.392 e. The van der Waals surface area contributed by atoms with E-state index in [0.717, 1.165) is 38.9 Å². The highest BCUT2D eigenvalue weighted by atomic mass is 16.3. The van der Waals surface area contributed by atoms with Crippen molar-refractivity contribution in [3.8, 4) is 0 Å². The smallest absolute Gasteiger partial charge is 0.226 e. The lowest BCUT2D eigenvalue weighted by Crippen LogP contribution is -2.55. The number of fused-ring (bicyclic) bond motifs is 2. The Balaban J connectivity index is 1.43. The number of hydrogen-bond donors (Lipinski definition) is 1. The van der Waals surface area contributed by atoms with Crippen molar-refractivity contribution in [2.24, 2.45) is 5.92 Å². The van der Waals surface area contributed by atoms with Crippen LogP contribution in [0.1, 0.15) is 37.8 Å². The number of rotatable bonds is 3. The first-order chi connectivity index (χ1) is 11.5. The van der Waals surface area contributed by atoms with E-state index >= 15 is 0 Å². The molecule has 4 unspecified atom stereocenters. The van der Waals surface area contributed by atoms with Gasteiger partial charge in [-0.05, 0) is 44.2 Å². The van der Waals surface area contributed by atoms with Crippen molar-refractivity contribution in [1.29, 1.82) is 0 Å². The molecule has 3 aliphatic rings. The molecule has 0 aromatic heterocycles. The van der Waals surface area contributed by atoms with Crippen LogP contribution in [0.5, 0.6) is 0 Å². The average Bonchev–Trinajstić information content (AvgIpc) is 3.16. The second-order valence-electron chi connectivity index (χ2n) is 8.06. The average molecular weight is 328 g/mol. The van der Waals surface area contributed by atoms with Gasteiger partial charge in [0.2, 0.25) is 5.91 Å². The second-order valence-corrected chi connectivity index (χ2v) is 8.06. The van der Waals surface area contributed by atoms with Crippen LogP contribution < -0.4 is 0 Å². The Morgan fingerprint density at radius 3 is 2.92 bits per heavy atom. The molecule has 130 valence electrons. The van der Waals surface area contributed by atoms with E-state index in [1.54, 1.807) is 0 Å². The van der Waals surface area contributed by atoms with Crippen molar-refractivity contribution < 1.29 is 9.90 Å². The van der Waals surface area contributed by atoms with E-state index in [1.807, 2.05) is 6.92 Å². The van der Waals surface area contributed by atoms with E-state index in [0.29, 0.717) is 12.5 Å². The van der Waals surface area contributed by atoms with E-state index in [9.17, 15) is 9.90 Å². The Bertz CT molecular complexity index is 644. The van der Waals surface area contributed by atoms with Gasteiger partial charge in [0.15, 0.2) is 0 Å². The molecule has 4 rings (SSSR count). The summed E-state index contributed by atoms with van der Waals surface area (Å²) in [4.78, 5) is 17.5. The van der Waals surface area contributed by atoms with Crippen LogP contribution in [-0.2, 0) is 16.6 Å². The zero-order chi connectivity index (χ0) is 16.9. The predicted octanol–water partition coefficient (Wildman–Crippen LogP) is 1.80. The number of nitrogens with zero attached hydrogens (tertiary/aromatic N) is 2. The number of aliphatic hydroxyl groups excluding tert-OH is 1. The maximum absolute atomic E-state index is 13.1. The topological polar surface area (TPSA) is 43.8 Å². The molecule has 4 nitrogen and oxygen atoms in total. The highest BCUT2D eigenvalue weighted by molar-refractivity contribution is 5.85. The summed E-state index contributed by atoms with van der Waals surface area (Å²) in [6.07, 6.45) is 2.99. The number of aryl methyl sites for hydroxylation is 1. The molecule has 2 aliphatic carbocycles. The van der Waals surface area contributed by atoms with Crippen LogP contribution in [0, 0.1) is 5.92 Å². The van der Waals surface area contributed by atoms with Gasteiger partial charge in [-0.25, -0.2) is 0 Å². The molecule has 1 aromatic carbocycles. The summed E-state index contributed by atoms with van der Waals surface area (Å²) in [6.45, 7) is 7.20. The second kappa shape index (κ2) is 5.85. The number of hydrogen-bond acceptors (Lipinski definition) is 3. The zero-order valence-electron chi connectivity index (χ0n) is 14.7. The number of β-amino-alcohol motifs (C(OH)–C–C–N with tert-alkyl or cyclic N) is 1. The summed E-state index contributed by atoms with van der Waals surface area (Å²) >= 11 is 0. The third kappa shape index (κ3) is 2.56. The Morgan fingerprint density at radius 2 is 2.17 bits per heavy atom. The lowest BCUT2D eigenvalue weighted by Gasteiger charge is -2.40. The molecule has 4 atom stereocenters. The highest BCUT2D eigenvalue weighted by Gasteiger charge is 2.62. The zero-order valence-corrected chi connectivity index (χ0v) is 14.7. The monoisotopic (exact) mass is 328 g/mol. The number of aliphatic hydroxyl groups is 1. The standard InChI is InChI=1S/C20H28N2O2/c1-14-12-21(13-15(2)23)9-10-22(14)19(24)18-11-20(18)8-7-16-5-3-4-6-17(16)20/h3-6,14-15,18,23H,7-13H2,1-2H3. The Hall–Kier alpha value is -1.39. The molecule has 1 heterocycles. The number of carbonyl (C=O) groups is 1. The maximum Gasteiger partial charge on any atom is 0.226 e. The van der Waals surface area contributed by atoms with Crippen molar-refractivity contribution >= 4 is 5.91 Å². The van der Waals surface area contributed by atoms with Crippen LogP contribution >= 0.6 is 0 Å². The van der Waals surface area contributed by atoms with Gasteiger partial charge in [0.25, 0.3) is 0 Å².